The highest BCUT2D eigenvalue weighted by Crippen LogP contribution is 2.23. The third-order valence-corrected chi connectivity index (χ3v) is 6.03. The SMILES string of the molecule is CCN(CC1CCN(c2ccccn2)CC1)C(=O)CCC1CCNCC1.Cl.Cl. The van der Waals surface area contributed by atoms with Crippen LogP contribution in [0.4, 0.5) is 5.82 Å². The van der Waals surface area contributed by atoms with E-state index in [4.69, 9.17) is 0 Å². The van der Waals surface area contributed by atoms with Crippen molar-refractivity contribution in [3.8, 4) is 0 Å². The Morgan fingerprint density at radius 2 is 1.86 bits per heavy atom. The van der Waals surface area contributed by atoms with Crippen LogP contribution in [0.1, 0.15) is 45.4 Å². The standard InChI is InChI=1S/C21H34N4O.2ClH/c1-2-24(21(26)7-6-18-8-13-22-14-9-18)17-19-10-15-25(16-11-19)20-5-3-4-12-23-20;;/h3-5,12,18-19,22H,2,6-11,13-17H2,1H3;2*1H. The lowest BCUT2D eigenvalue weighted by Gasteiger charge is -2.35. The molecular weight excluding hydrogens is 395 g/mol. The first-order valence-corrected chi connectivity index (χ1v) is 10.4. The Hall–Kier alpha value is -1.04. The van der Waals surface area contributed by atoms with Gasteiger partial charge < -0.3 is 15.1 Å². The van der Waals surface area contributed by atoms with Crippen LogP contribution in [0.15, 0.2) is 24.4 Å². The van der Waals surface area contributed by atoms with Gasteiger partial charge in [-0.15, -0.1) is 24.8 Å². The van der Waals surface area contributed by atoms with Crippen LogP contribution in [0.5, 0.6) is 0 Å². The van der Waals surface area contributed by atoms with Crippen LogP contribution in [0.25, 0.3) is 0 Å². The third-order valence-electron chi connectivity index (χ3n) is 6.03. The van der Waals surface area contributed by atoms with E-state index in [9.17, 15) is 4.79 Å². The number of piperidine rings is 2. The van der Waals surface area contributed by atoms with Gasteiger partial charge in [-0.3, -0.25) is 4.79 Å². The lowest BCUT2D eigenvalue weighted by molar-refractivity contribution is -0.132. The Morgan fingerprint density at radius 1 is 1.14 bits per heavy atom. The number of aromatic nitrogens is 1. The minimum atomic E-state index is 0. The predicted octanol–water partition coefficient (Wildman–Crippen LogP) is 3.77. The van der Waals surface area contributed by atoms with E-state index in [0.29, 0.717) is 11.8 Å². The highest BCUT2D eigenvalue weighted by Gasteiger charge is 2.24. The summed E-state index contributed by atoms with van der Waals surface area (Å²) in [6, 6.07) is 6.10. The fourth-order valence-electron chi connectivity index (χ4n) is 4.26. The normalized spacial score (nSPS) is 18.1. The third kappa shape index (κ3) is 7.41. The molecule has 2 fully saturated rings. The van der Waals surface area contributed by atoms with Crippen LogP contribution in [-0.4, -0.2) is 55.1 Å². The van der Waals surface area contributed by atoms with Gasteiger partial charge in [0.05, 0.1) is 0 Å². The lowest BCUT2D eigenvalue weighted by atomic mass is 9.92. The Bertz CT molecular complexity index is 547. The number of pyridine rings is 1. The van der Waals surface area contributed by atoms with Gasteiger partial charge >= 0.3 is 0 Å². The molecule has 2 aliphatic rings. The Morgan fingerprint density at radius 3 is 2.46 bits per heavy atom. The molecule has 1 N–H and O–H groups in total. The summed E-state index contributed by atoms with van der Waals surface area (Å²) in [7, 11) is 0. The van der Waals surface area contributed by atoms with Gasteiger partial charge in [-0.2, -0.15) is 0 Å². The van der Waals surface area contributed by atoms with E-state index < -0.39 is 0 Å². The molecule has 0 spiro atoms. The highest BCUT2D eigenvalue weighted by molar-refractivity contribution is 5.85. The van der Waals surface area contributed by atoms with Gasteiger partial charge in [-0.05, 0) is 76.1 Å². The molecule has 0 radical (unpaired) electrons. The zero-order valence-corrected chi connectivity index (χ0v) is 18.6. The van der Waals surface area contributed by atoms with E-state index in [1.165, 1.54) is 12.8 Å². The van der Waals surface area contributed by atoms with E-state index in [2.05, 4.69) is 33.1 Å². The van der Waals surface area contributed by atoms with E-state index in [-0.39, 0.29) is 24.8 Å². The zero-order valence-electron chi connectivity index (χ0n) is 17.0. The number of amides is 1. The maximum Gasteiger partial charge on any atom is 0.222 e. The molecule has 1 amide bonds. The van der Waals surface area contributed by atoms with E-state index in [1.54, 1.807) is 0 Å². The number of hydrogen-bond acceptors (Lipinski definition) is 4. The van der Waals surface area contributed by atoms with Gasteiger partial charge in [0.25, 0.3) is 0 Å². The largest absolute Gasteiger partial charge is 0.357 e. The summed E-state index contributed by atoms with van der Waals surface area (Å²) >= 11 is 0. The van der Waals surface area contributed by atoms with Crippen LogP contribution < -0.4 is 10.2 Å². The second kappa shape index (κ2) is 13.2. The second-order valence-electron chi connectivity index (χ2n) is 7.78. The smallest absolute Gasteiger partial charge is 0.222 e. The van der Waals surface area contributed by atoms with Crippen molar-refractivity contribution < 1.29 is 4.79 Å². The molecular formula is C21H36Cl2N4O. The molecule has 0 aliphatic carbocycles. The first-order chi connectivity index (χ1) is 12.8. The Labute approximate surface area is 182 Å². The van der Waals surface area contributed by atoms with Crippen LogP contribution in [0, 0.1) is 11.8 Å². The predicted molar refractivity (Wildman–Crippen MR) is 121 cm³/mol. The van der Waals surface area contributed by atoms with E-state index in [0.717, 1.165) is 76.7 Å². The lowest BCUT2D eigenvalue weighted by Crippen LogP contribution is -2.41. The van der Waals surface area contributed by atoms with E-state index in [1.807, 2.05) is 18.3 Å². The average molecular weight is 431 g/mol. The molecule has 7 heteroatoms. The number of carbonyl (C=O) groups is 1. The van der Waals surface area contributed by atoms with Crippen LogP contribution in [0.2, 0.25) is 0 Å². The summed E-state index contributed by atoms with van der Waals surface area (Å²) in [6.45, 7) is 8.20. The molecule has 28 heavy (non-hydrogen) atoms. The minimum absolute atomic E-state index is 0. The number of anilines is 1. The van der Waals surface area contributed by atoms with Crippen LogP contribution in [-0.2, 0) is 4.79 Å². The summed E-state index contributed by atoms with van der Waals surface area (Å²) in [5.41, 5.74) is 0. The van der Waals surface area contributed by atoms with Crippen LogP contribution in [0.3, 0.4) is 0 Å². The summed E-state index contributed by atoms with van der Waals surface area (Å²) in [6.07, 6.45) is 8.40. The number of hydrogen-bond donors (Lipinski definition) is 1. The maximum absolute atomic E-state index is 12.7. The number of nitrogens with one attached hydrogen (secondary N) is 1. The van der Waals surface area contributed by atoms with Crippen molar-refractivity contribution in [2.45, 2.75) is 45.4 Å². The highest BCUT2D eigenvalue weighted by atomic mass is 35.5. The first-order valence-electron chi connectivity index (χ1n) is 10.4. The number of carbonyl (C=O) groups excluding carboxylic acids is 1. The first kappa shape index (κ1) is 25.0. The molecule has 2 saturated heterocycles. The van der Waals surface area contributed by atoms with Gasteiger partial charge in [0.2, 0.25) is 5.91 Å². The summed E-state index contributed by atoms with van der Waals surface area (Å²) < 4.78 is 0. The van der Waals surface area contributed by atoms with Crippen LogP contribution >= 0.6 is 24.8 Å². The number of halogens is 2. The minimum Gasteiger partial charge on any atom is -0.357 e. The summed E-state index contributed by atoms with van der Waals surface area (Å²) in [4.78, 5) is 21.6. The van der Waals surface area contributed by atoms with Gasteiger partial charge in [0, 0.05) is 38.8 Å². The zero-order chi connectivity index (χ0) is 18.2. The van der Waals surface area contributed by atoms with Gasteiger partial charge in [-0.1, -0.05) is 6.07 Å². The van der Waals surface area contributed by atoms with E-state index >= 15 is 0 Å². The van der Waals surface area contributed by atoms with Crippen molar-refractivity contribution >= 4 is 36.5 Å². The Kier molecular flexibility index (Phi) is 11.8. The van der Waals surface area contributed by atoms with Crippen molar-refractivity contribution in [2.24, 2.45) is 11.8 Å². The van der Waals surface area contributed by atoms with Gasteiger partial charge in [-0.25, -0.2) is 4.98 Å². The van der Waals surface area contributed by atoms with Gasteiger partial charge in [0.15, 0.2) is 0 Å². The molecule has 0 atom stereocenters. The molecule has 1 aromatic heterocycles. The summed E-state index contributed by atoms with van der Waals surface area (Å²) in [5.74, 6) is 2.80. The van der Waals surface area contributed by atoms with Crippen molar-refractivity contribution in [3.63, 3.8) is 0 Å². The molecule has 0 aromatic carbocycles. The van der Waals surface area contributed by atoms with Crippen molar-refractivity contribution in [3.05, 3.63) is 24.4 Å². The fourth-order valence-corrected chi connectivity index (χ4v) is 4.26. The van der Waals surface area contributed by atoms with Crippen molar-refractivity contribution in [2.75, 3.05) is 44.2 Å². The molecule has 2 aliphatic heterocycles. The maximum atomic E-state index is 12.7. The molecule has 160 valence electrons. The molecule has 0 unspecified atom stereocenters. The number of nitrogens with zero attached hydrogens (tertiary/aromatic N) is 3. The molecule has 3 heterocycles. The quantitative estimate of drug-likeness (QED) is 0.714. The van der Waals surface area contributed by atoms with Crippen molar-refractivity contribution in [1.82, 2.24) is 15.2 Å². The van der Waals surface area contributed by atoms with Gasteiger partial charge in [0.1, 0.15) is 5.82 Å². The topological polar surface area (TPSA) is 48.5 Å². The molecule has 0 saturated carbocycles. The molecule has 5 nitrogen and oxygen atoms in total. The molecule has 0 bridgehead atoms. The monoisotopic (exact) mass is 430 g/mol. The fraction of sp³-hybridized carbons (Fsp3) is 0.714. The Balaban J connectivity index is 0.00000196. The van der Waals surface area contributed by atoms with Crippen molar-refractivity contribution in [1.29, 1.82) is 0 Å². The number of rotatable bonds is 7. The average Bonchev–Trinajstić information content (AvgIpc) is 2.72. The molecule has 1 aromatic rings. The second-order valence-corrected chi connectivity index (χ2v) is 7.78. The molecule has 3 rings (SSSR count). The summed E-state index contributed by atoms with van der Waals surface area (Å²) in [5, 5.41) is 3.40.